The Morgan fingerprint density at radius 2 is 1.93 bits per heavy atom. The summed E-state index contributed by atoms with van der Waals surface area (Å²) in [6.07, 6.45) is 5.11. The minimum Gasteiger partial charge on any atom is -0.370 e. The summed E-state index contributed by atoms with van der Waals surface area (Å²) in [4.78, 5) is 11.1. The summed E-state index contributed by atoms with van der Waals surface area (Å²) < 4.78 is 0. The van der Waals surface area contributed by atoms with E-state index in [1.54, 1.807) is 0 Å². The van der Waals surface area contributed by atoms with Crippen molar-refractivity contribution >= 4 is 41.4 Å². The van der Waals surface area contributed by atoms with Crippen molar-refractivity contribution in [1.82, 2.24) is 15.6 Å². The molecule has 29 heavy (non-hydrogen) atoms. The van der Waals surface area contributed by atoms with Gasteiger partial charge < -0.3 is 20.9 Å². The van der Waals surface area contributed by atoms with E-state index in [9.17, 15) is 0 Å². The molecule has 1 fully saturated rings. The second-order valence-electron chi connectivity index (χ2n) is 7.26. The maximum atomic E-state index is 4.38. The Balaban J connectivity index is 0.00000300. The van der Waals surface area contributed by atoms with E-state index in [4.69, 9.17) is 0 Å². The van der Waals surface area contributed by atoms with Crippen molar-refractivity contribution in [2.45, 2.75) is 32.2 Å². The fourth-order valence-corrected chi connectivity index (χ4v) is 3.40. The summed E-state index contributed by atoms with van der Waals surface area (Å²) in [6, 6.07) is 15.1. The third kappa shape index (κ3) is 7.72. The molecular formula is C22H33IN6. The third-order valence-electron chi connectivity index (χ3n) is 5.02. The van der Waals surface area contributed by atoms with Crippen molar-refractivity contribution in [2.24, 2.45) is 4.99 Å². The normalized spacial score (nSPS) is 16.3. The Morgan fingerprint density at radius 3 is 2.66 bits per heavy atom. The molecule has 0 aliphatic carbocycles. The monoisotopic (exact) mass is 508 g/mol. The fourth-order valence-electron chi connectivity index (χ4n) is 3.40. The highest BCUT2D eigenvalue weighted by Gasteiger charge is 2.23. The quantitative estimate of drug-likeness (QED) is 0.220. The standard InChI is InChI=1S/C22H32N6.HI/c1-18-8-10-20(11-9-18)28-16-12-19(17-28)27-22(23-2)26-15-6-5-14-25-21-7-3-4-13-24-21;/h3-4,7-11,13,19H,5-6,12,14-17H2,1-2H3,(H,24,25)(H2,23,26,27);1H. The lowest BCUT2D eigenvalue weighted by atomic mass is 10.2. The number of hydrogen-bond donors (Lipinski definition) is 3. The molecular weight excluding hydrogens is 475 g/mol. The first kappa shape index (κ1) is 23.3. The molecule has 0 amide bonds. The van der Waals surface area contributed by atoms with E-state index < -0.39 is 0 Å². The predicted octanol–water partition coefficient (Wildman–Crippen LogP) is 3.64. The first-order valence-electron chi connectivity index (χ1n) is 10.2. The molecule has 2 heterocycles. The van der Waals surface area contributed by atoms with Crippen LogP contribution in [-0.4, -0.2) is 50.2 Å². The summed E-state index contributed by atoms with van der Waals surface area (Å²) >= 11 is 0. The number of nitrogens with one attached hydrogen (secondary N) is 3. The predicted molar refractivity (Wildman–Crippen MR) is 134 cm³/mol. The van der Waals surface area contributed by atoms with E-state index in [0.717, 1.165) is 57.2 Å². The number of hydrogen-bond acceptors (Lipinski definition) is 4. The van der Waals surface area contributed by atoms with Gasteiger partial charge in [-0.2, -0.15) is 0 Å². The number of unbranched alkanes of at least 4 members (excludes halogenated alkanes) is 1. The van der Waals surface area contributed by atoms with Gasteiger partial charge in [0.05, 0.1) is 0 Å². The lowest BCUT2D eigenvalue weighted by Crippen LogP contribution is -2.44. The zero-order chi connectivity index (χ0) is 19.6. The van der Waals surface area contributed by atoms with Crippen LogP contribution in [0, 0.1) is 6.92 Å². The lowest BCUT2D eigenvalue weighted by Gasteiger charge is -2.20. The summed E-state index contributed by atoms with van der Waals surface area (Å²) in [5.74, 6) is 1.83. The third-order valence-corrected chi connectivity index (χ3v) is 5.02. The first-order chi connectivity index (χ1) is 13.7. The minimum atomic E-state index is 0. The zero-order valence-electron chi connectivity index (χ0n) is 17.4. The molecule has 3 rings (SSSR count). The maximum Gasteiger partial charge on any atom is 0.191 e. The van der Waals surface area contributed by atoms with Crippen molar-refractivity contribution in [1.29, 1.82) is 0 Å². The smallest absolute Gasteiger partial charge is 0.191 e. The van der Waals surface area contributed by atoms with Crippen LogP contribution in [0.5, 0.6) is 0 Å². The largest absolute Gasteiger partial charge is 0.370 e. The Morgan fingerprint density at radius 1 is 1.14 bits per heavy atom. The zero-order valence-corrected chi connectivity index (χ0v) is 19.7. The molecule has 0 saturated carbocycles. The maximum absolute atomic E-state index is 4.38. The van der Waals surface area contributed by atoms with Crippen LogP contribution in [0.2, 0.25) is 0 Å². The Hall–Kier alpha value is -2.03. The van der Waals surface area contributed by atoms with Crippen molar-refractivity contribution < 1.29 is 0 Å². The van der Waals surface area contributed by atoms with Gasteiger partial charge in [-0.05, 0) is 50.5 Å². The van der Waals surface area contributed by atoms with E-state index in [1.807, 2.05) is 31.4 Å². The SMILES string of the molecule is CN=C(NCCCCNc1ccccn1)NC1CCN(c2ccc(C)cc2)C1.I. The molecule has 6 nitrogen and oxygen atoms in total. The number of rotatable bonds is 8. The molecule has 0 bridgehead atoms. The van der Waals surface area contributed by atoms with Crippen molar-refractivity contribution in [3.8, 4) is 0 Å². The highest BCUT2D eigenvalue weighted by atomic mass is 127. The van der Waals surface area contributed by atoms with Crippen molar-refractivity contribution in [3.05, 3.63) is 54.2 Å². The molecule has 0 radical (unpaired) electrons. The molecule has 1 aromatic heterocycles. The van der Waals surface area contributed by atoms with Gasteiger partial charge in [-0.1, -0.05) is 23.8 Å². The van der Waals surface area contributed by atoms with Crippen LogP contribution < -0.4 is 20.9 Å². The number of aliphatic imine (C=N–C) groups is 1. The van der Waals surface area contributed by atoms with Gasteiger partial charge in [-0.15, -0.1) is 24.0 Å². The minimum absolute atomic E-state index is 0. The number of benzene rings is 1. The average Bonchev–Trinajstić information content (AvgIpc) is 3.19. The second-order valence-corrected chi connectivity index (χ2v) is 7.26. The number of anilines is 2. The molecule has 7 heteroatoms. The van der Waals surface area contributed by atoms with E-state index in [2.05, 4.69) is 62.0 Å². The van der Waals surface area contributed by atoms with E-state index >= 15 is 0 Å². The van der Waals surface area contributed by atoms with Crippen LogP contribution in [0.4, 0.5) is 11.5 Å². The van der Waals surface area contributed by atoms with E-state index in [1.165, 1.54) is 11.3 Å². The summed E-state index contributed by atoms with van der Waals surface area (Å²) in [5.41, 5.74) is 2.61. The van der Waals surface area contributed by atoms with Gasteiger partial charge in [0.2, 0.25) is 0 Å². The van der Waals surface area contributed by atoms with Crippen molar-refractivity contribution in [3.63, 3.8) is 0 Å². The number of nitrogens with zero attached hydrogens (tertiary/aromatic N) is 3. The Bertz CT molecular complexity index is 735. The fraction of sp³-hybridized carbons (Fsp3) is 0.455. The average molecular weight is 508 g/mol. The van der Waals surface area contributed by atoms with Gasteiger partial charge in [0.25, 0.3) is 0 Å². The number of aryl methyl sites for hydroxylation is 1. The Labute approximate surface area is 191 Å². The molecule has 1 aliphatic rings. The van der Waals surface area contributed by atoms with Crippen molar-refractivity contribution in [2.75, 3.05) is 43.4 Å². The molecule has 1 aromatic carbocycles. The van der Waals surface area contributed by atoms with Gasteiger partial charge >= 0.3 is 0 Å². The summed E-state index contributed by atoms with van der Waals surface area (Å²) in [7, 11) is 1.84. The summed E-state index contributed by atoms with van der Waals surface area (Å²) in [5, 5.41) is 10.3. The molecule has 1 aliphatic heterocycles. The molecule has 1 saturated heterocycles. The molecule has 1 unspecified atom stereocenters. The highest BCUT2D eigenvalue weighted by molar-refractivity contribution is 14.0. The number of guanidine groups is 1. The lowest BCUT2D eigenvalue weighted by molar-refractivity contribution is 0.639. The summed E-state index contributed by atoms with van der Waals surface area (Å²) in [6.45, 7) is 6.06. The molecule has 3 N–H and O–H groups in total. The van der Waals surface area contributed by atoms with E-state index in [0.29, 0.717) is 6.04 Å². The molecule has 1 atom stereocenters. The van der Waals surface area contributed by atoms with Gasteiger partial charge in [-0.25, -0.2) is 4.98 Å². The number of aromatic nitrogens is 1. The number of halogens is 1. The first-order valence-corrected chi connectivity index (χ1v) is 10.2. The van der Waals surface area contributed by atoms with Crippen LogP contribution >= 0.6 is 24.0 Å². The Kier molecular flexibility index (Phi) is 10.0. The molecule has 158 valence electrons. The van der Waals surface area contributed by atoms with E-state index in [-0.39, 0.29) is 24.0 Å². The van der Waals surface area contributed by atoms with Crippen LogP contribution in [-0.2, 0) is 0 Å². The van der Waals surface area contributed by atoms with Crippen LogP contribution in [0.15, 0.2) is 53.7 Å². The van der Waals surface area contributed by atoms with Crippen LogP contribution in [0.25, 0.3) is 0 Å². The number of pyridine rings is 1. The van der Waals surface area contributed by atoms with Gasteiger partial charge in [0.1, 0.15) is 5.82 Å². The van der Waals surface area contributed by atoms with Crippen LogP contribution in [0.3, 0.4) is 0 Å². The van der Waals surface area contributed by atoms with Crippen LogP contribution in [0.1, 0.15) is 24.8 Å². The molecule has 2 aromatic rings. The topological polar surface area (TPSA) is 64.6 Å². The van der Waals surface area contributed by atoms with Gasteiger partial charge in [0, 0.05) is 51.2 Å². The van der Waals surface area contributed by atoms with Gasteiger partial charge in [-0.3, -0.25) is 4.99 Å². The second kappa shape index (κ2) is 12.5. The van der Waals surface area contributed by atoms with Gasteiger partial charge in [0.15, 0.2) is 5.96 Å². The molecule has 0 spiro atoms. The highest BCUT2D eigenvalue weighted by Crippen LogP contribution is 2.20.